The van der Waals surface area contributed by atoms with Crippen LogP contribution in [0.2, 0.25) is 0 Å². The molecule has 1 aromatic carbocycles. The van der Waals surface area contributed by atoms with E-state index in [2.05, 4.69) is 10.0 Å². The van der Waals surface area contributed by atoms with Crippen LogP contribution < -0.4 is 4.74 Å². The van der Waals surface area contributed by atoms with E-state index in [1.807, 2.05) is 0 Å². The van der Waals surface area contributed by atoms with E-state index in [0.717, 1.165) is 0 Å². The summed E-state index contributed by atoms with van der Waals surface area (Å²) in [6.45, 7) is -0.527. The average molecular weight is 313 g/mol. The van der Waals surface area contributed by atoms with Gasteiger partial charge in [-0.3, -0.25) is 0 Å². The number of azide groups is 1. The first-order chi connectivity index (χ1) is 10.1. The average Bonchev–Trinajstić information content (AvgIpc) is 2.50. The Morgan fingerprint density at radius 3 is 2.32 bits per heavy atom. The molecule has 4 N–H and O–H groups in total. The fraction of sp³-hybridized carbons (Fsp3) is 0.538. The molecular formula is C13H19N3O6. The lowest BCUT2D eigenvalue weighted by molar-refractivity contribution is -0.277. The van der Waals surface area contributed by atoms with Crippen molar-refractivity contribution in [3.05, 3.63) is 34.7 Å². The van der Waals surface area contributed by atoms with Gasteiger partial charge in [0.15, 0.2) is 0 Å². The first-order valence-corrected chi connectivity index (χ1v) is 6.19. The van der Waals surface area contributed by atoms with Crippen LogP contribution >= 0.6 is 0 Å². The molecule has 0 unspecified atom stereocenters. The smallest absolute Gasteiger partial charge is 0.229 e. The Morgan fingerprint density at radius 1 is 1.14 bits per heavy atom. The zero-order valence-corrected chi connectivity index (χ0v) is 10.9. The summed E-state index contributed by atoms with van der Waals surface area (Å²) in [7, 11) is 0. The van der Waals surface area contributed by atoms with Crippen molar-refractivity contribution in [1.29, 1.82) is 0 Å². The summed E-state index contributed by atoms with van der Waals surface area (Å²) in [4.78, 5) is 2.63. The Labute approximate surface area is 127 Å². The molecule has 9 nitrogen and oxygen atoms in total. The maximum atomic E-state index is 9.81. The first kappa shape index (κ1) is 18.2. The van der Waals surface area contributed by atoms with Crippen LogP contribution in [0.3, 0.4) is 0 Å². The van der Waals surface area contributed by atoms with Gasteiger partial charge in [0.25, 0.3) is 0 Å². The maximum Gasteiger partial charge on any atom is 0.229 e. The van der Waals surface area contributed by atoms with E-state index in [4.69, 9.17) is 20.1 Å². The highest BCUT2D eigenvalue weighted by molar-refractivity contribution is 5.41. The van der Waals surface area contributed by atoms with Gasteiger partial charge in [-0.1, -0.05) is 12.5 Å². The molecule has 0 saturated carbocycles. The summed E-state index contributed by atoms with van der Waals surface area (Å²) >= 11 is 0. The summed E-state index contributed by atoms with van der Waals surface area (Å²) in [5, 5.41) is 41.5. The monoisotopic (exact) mass is 313 g/mol. The van der Waals surface area contributed by atoms with Gasteiger partial charge in [-0.15, -0.1) is 0 Å². The lowest BCUT2D eigenvalue weighted by Gasteiger charge is -2.39. The number of hydrogen-bond acceptors (Lipinski definition) is 7. The van der Waals surface area contributed by atoms with E-state index >= 15 is 0 Å². The molecule has 1 aromatic rings. The molecule has 0 aromatic heterocycles. The third-order valence-electron chi connectivity index (χ3n) is 3.10. The fourth-order valence-corrected chi connectivity index (χ4v) is 1.94. The van der Waals surface area contributed by atoms with Crippen LogP contribution in [-0.4, -0.2) is 57.7 Å². The van der Waals surface area contributed by atoms with Crippen LogP contribution in [0.15, 0.2) is 29.4 Å². The molecule has 22 heavy (non-hydrogen) atoms. The Balaban J connectivity index is 0.00000242. The fourth-order valence-electron chi connectivity index (χ4n) is 1.94. The Kier molecular flexibility index (Phi) is 6.57. The molecule has 1 heterocycles. The van der Waals surface area contributed by atoms with Crippen LogP contribution in [0.4, 0.5) is 5.69 Å². The van der Waals surface area contributed by atoms with Crippen LogP contribution in [0.1, 0.15) is 7.43 Å². The quantitative estimate of drug-likeness (QED) is 0.360. The molecule has 2 rings (SSSR count). The second-order valence-corrected chi connectivity index (χ2v) is 4.50. The van der Waals surface area contributed by atoms with E-state index in [-0.39, 0.29) is 7.43 Å². The van der Waals surface area contributed by atoms with Gasteiger partial charge in [0.1, 0.15) is 30.2 Å². The SMILES string of the molecule is C.[N-]=[N+]=Nc1ccc(O[C@@H]2O[C@H](CO)[C@H](O)[C@H](O)[C@H]2O)cc1. The molecule has 1 aliphatic heterocycles. The molecule has 122 valence electrons. The topological polar surface area (TPSA) is 148 Å². The first-order valence-electron chi connectivity index (χ1n) is 6.19. The maximum absolute atomic E-state index is 9.81. The minimum absolute atomic E-state index is 0. The Hall–Kier alpha value is -1.87. The highest BCUT2D eigenvalue weighted by atomic mass is 16.7. The summed E-state index contributed by atoms with van der Waals surface area (Å²) < 4.78 is 10.6. The van der Waals surface area contributed by atoms with Gasteiger partial charge in [-0.05, 0) is 29.8 Å². The number of aliphatic hydroxyl groups is 4. The van der Waals surface area contributed by atoms with Gasteiger partial charge < -0.3 is 29.9 Å². The van der Waals surface area contributed by atoms with Crippen molar-refractivity contribution in [2.45, 2.75) is 38.1 Å². The largest absolute Gasteiger partial charge is 0.462 e. The van der Waals surface area contributed by atoms with Crippen molar-refractivity contribution < 1.29 is 29.9 Å². The number of nitrogens with zero attached hydrogens (tertiary/aromatic N) is 3. The van der Waals surface area contributed by atoms with Gasteiger partial charge in [0, 0.05) is 10.6 Å². The molecule has 0 aliphatic carbocycles. The predicted octanol–water partition coefficient (Wildman–Crippen LogP) is 0.443. The van der Waals surface area contributed by atoms with E-state index < -0.39 is 37.3 Å². The minimum Gasteiger partial charge on any atom is -0.462 e. The molecule has 9 heteroatoms. The van der Waals surface area contributed by atoms with Crippen molar-refractivity contribution in [3.8, 4) is 5.75 Å². The predicted molar refractivity (Wildman–Crippen MR) is 76.4 cm³/mol. The van der Waals surface area contributed by atoms with Crippen molar-refractivity contribution in [3.63, 3.8) is 0 Å². The second-order valence-electron chi connectivity index (χ2n) is 4.50. The molecule has 1 fully saturated rings. The summed E-state index contributed by atoms with van der Waals surface area (Å²) in [6, 6.07) is 5.98. The number of hydrogen-bond donors (Lipinski definition) is 4. The van der Waals surface area contributed by atoms with Crippen molar-refractivity contribution >= 4 is 5.69 Å². The standard InChI is InChI=1S/C12H15N3O6.CH4/c13-15-14-6-1-3-7(4-2-6)20-12-11(19)10(18)9(17)8(5-16)21-12;/h1-4,8-12,16-19H,5H2;1H4/t8-,9+,10+,11-,12-;/m1./s1. The number of benzene rings is 1. The molecule has 0 spiro atoms. The molecular weight excluding hydrogens is 294 g/mol. The number of ether oxygens (including phenoxy) is 2. The van der Waals surface area contributed by atoms with Gasteiger partial charge in [0.05, 0.1) is 6.61 Å². The van der Waals surface area contributed by atoms with Gasteiger partial charge in [0.2, 0.25) is 6.29 Å². The zero-order valence-electron chi connectivity index (χ0n) is 10.9. The van der Waals surface area contributed by atoms with Gasteiger partial charge in [-0.25, -0.2) is 0 Å². The van der Waals surface area contributed by atoms with E-state index in [1.165, 1.54) is 24.3 Å². The number of rotatable bonds is 4. The minimum atomic E-state index is -1.50. The normalized spacial score (nSPS) is 30.8. The second kappa shape index (κ2) is 7.95. The molecule has 0 amide bonds. The van der Waals surface area contributed by atoms with Crippen molar-refractivity contribution in [1.82, 2.24) is 0 Å². The molecule has 5 atom stereocenters. The lowest BCUT2D eigenvalue weighted by Crippen LogP contribution is -2.60. The number of aliphatic hydroxyl groups excluding tert-OH is 4. The third-order valence-corrected chi connectivity index (χ3v) is 3.10. The van der Waals surface area contributed by atoms with Crippen LogP contribution in [0.5, 0.6) is 5.75 Å². The highest BCUT2D eigenvalue weighted by Gasteiger charge is 2.44. The van der Waals surface area contributed by atoms with Gasteiger partial charge >= 0.3 is 0 Å². The van der Waals surface area contributed by atoms with E-state index in [0.29, 0.717) is 11.4 Å². The van der Waals surface area contributed by atoms with Crippen molar-refractivity contribution in [2.24, 2.45) is 5.11 Å². The summed E-state index contributed by atoms with van der Waals surface area (Å²) in [6.07, 6.45) is -6.68. The molecule has 1 saturated heterocycles. The Morgan fingerprint density at radius 2 is 1.77 bits per heavy atom. The lowest BCUT2D eigenvalue weighted by atomic mass is 9.99. The summed E-state index contributed by atoms with van der Waals surface area (Å²) in [5.74, 6) is 0.302. The third kappa shape index (κ3) is 3.86. The van der Waals surface area contributed by atoms with E-state index in [1.54, 1.807) is 0 Å². The van der Waals surface area contributed by atoms with Crippen LogP contribution in [0, 0.1) is 0 Å². The molecule has 1 aliphatic rings. The molecule has 0 radical (unpaired) electrons. The Bertz CT molecular complexity index is 517. The zero-order chi connectivity index (χ0) is 15.4. The highest BCUT2D eigenvalue weighted by Crippen LogP contribution is 2.25. The van der Waals surface area contributed by atoms with E-state index in [9.17, 15) is 15.3 Å². The summed E-state index contributed by atoms with van der Waals surface area (Å²) in [5.41, 5.74) is 8.68. The van der Waals surface area contributed by atoms with Crippen LogP contribution in [0.25, 0.3) is 10.4 Å². The van der Waals surface area contributed by atoms with Gasteiger partial charge in [-0.2, -0.15) is 0 Å². The van der Waals surface area contributed by atoms with Crippen LogP contribution in [-0.2, 0) is 4.74 Å². The van der Waals surface area contributed by atoms with Crippen molar-refractivity contribution in [2.75, 3.05) is 6.61 Å². The molecule has 0 bridgehead atoms.